The number of rotatable bonds is 7. The van der Waals surface area contributed by atoms with Gasteiger partial charge in [-0.05, 0) is 36.3 Å². The van der Waals surface area contributed by atoms with Crippen molar-refractivity contribution in [2.45, 2.75) is 19.8 Å². The zero-order valence-electron chi connectivity index (χ0n) is 14.8. The quantitative estimate of drug-likeness (QED) is 0.242. The second kappa shape index (κ2) is 8.27. The molecule has 0 saturated heterocycles. The van der Waals surface area contributed by atoms with Gasteiger partial charge in [-0.3, -0.25) is 10.1 Å². The van der Waals surface area contributed by atoms with Gasteiger partial charge in [0, 0.05) is 17.7 Å². The van der Waals surface area contributed by atoms with Crippen molar-refractivity contribution in [1.29, 1.82) is 0 Å². The molecule has 0 atom stereocenters. The third kappa shape index (κ3) is 4.58. The molecular formula is C20H18N2O5. The van der Waals surface area contributed by atoms with Crippen molar-refractivity contribution in [3.8, 4) is 5.75 Å². The van der Waals surface area contributed by atoms with Crippen molar-refractivity contribution in [1.82, 2.24) is 0 Å². The van der Waals surface area contributed by atoms with Gasteiger partial charge in [-0.25, -0.2) is 9.79 Å². The van der Waals surface area contributed by atoms with Crippen LogP contribution in [0.25, 0.3) is 6.08 Å². The SMILES string of the molecule is CCCCOc1ccc(C=C2N=C(c3cccc([N+](=O)[O-])c3)OC2=O)cc1. The van der Waals surface area contributed by atoms with E-state index in [1.807, 2.05) is 24.3 Å². The minimum absolute atomic E-state index is 0.0504. The van der Waals surface area contributed by atoms with Gasteiger partial charge in [-0.15, -0.1) is 0 Å². The Morgan fingerprint density at radius 1 is 1.22 bits per heavy atom. The number of carbonyl (C=O) groups excluding carboxylic acids is 1. The number of cyclic esters (lactones) is 1. The Kier molecular flexibility index (Phi) is 5.61. The number of benzene rings is 2. The second-order valence-corrected chi connectivity index (χ2v) is 5.91. The van der Waals surface area contributed by atoms with Gasteiger partial charge in [0.1, 0.15) is 5.75 Å². The van der Waals surface area contributed by atoms with Gasteiger partial charge in [0.15, 0.2) is 5.70 Å². The number of esters is 1. The molecule has 1 aliphatic rings. The van der Waals surface area contributed by atoms with E-state index < -0.39 is 10.9 Å². The highest BCUT2D eigenvalue weighted by molar-refractivity contribution is 6.13. The molecular weight excluding hydrogens is 348 g/mol. The summed E-state index contributed by atoms with van der Waals surface area (Å²) in [6, 6.07) is 13.1. The lowest BCUT2D eigenvalue weighted by Gasteiger charge is -2.05. The monoisotopic (exact) mass is 366 g/mol. The van der Waals surface area contributed by atoms with E-state index in [4.69, 9.17) is 9.47 Å². The summed E-state index contributed by atoms with van der Waals surface area (Å²) in [4.78, 5) is 26.6. The lowest BCUT2D eigenvalue weighted by atomic mass is 10.2. The van der Waals surface area contributed by atoms with E-state index in [0.29, 0.717) is 12.2 Å². The van der Waals surface area contributed by atoms with Crippen LogP contribution in [0.3, 0.4) is 0 Å². The van der Waals surface area contributed by atoms with Crippen molar-refractivity contribution in [2.24, 2.45) is 4.99 Å². The number of aliphatic imine (C=N–C) groups is 1. The van der Waals surface area contributed by atoms with Crippen LogP contribution in [-0.2, 0) is 9.53 Å². The van der Waals surface area contributed by atoms with Crippen LogP contribution in [0.1, 0.15) is 30.9 Å². The molecule has 3 rings (SSSR count). The summed E-state index contributed by atoms with van der Waals surface area (Å²) in [7, 11) is 0. The van der Waals surface area contributed by atoms with Crippen molar-refractivity contribution < 1.29 is 19.2 Å². The van der Waals surface area contributed by atoms with Crippen LogP contribution in [0.2, 0.25) is 0 Å². The van der Waals surface area contributed by atoms with Crippen LogP contribution >= 0.6 is 0 Å². The van der Waals surface area contributed by atoms with Crippen LogP contribution in [0.5, 0.6) is 5.75 Å². The Bertz CT molecular complexity index is 916. The third-order valence-electron chi connectivity index (χ3n) is 3.87. The summed E-state index contributed by atoms with van der Waals surface area (Å²) in [6.45, 7) is 2.77. The van der Waals surface area contributed by atoms with Crippen LogP contribution in [0.15, 0.2) is 59.2 Å². The molecule has 1 aliphatic heterocycles. The first kappa shape index (κ1) is 18.3. The van der Waals surface area contributed by atoms with E-state index in [2.05, 4.69) is 11.9 Å². The highest BCUT2D eigenvalue weighted by Gasteiger charge is 2.25. The molecule has 27 heavy (non-hydrogen) atoms. The van der Waals surface area contributed by atoms with Crippen molar-refractivity contribution in [3.63, 3.8) is 0 Å². The Labute approximate surface area is 156 Å². The molecule has 1 heterocycles. The smallest absolute Gasteiger partial charge is 0.363 e. The molecule has 7 nitrogen and oxygen atoms in total. The fourth-order valence-corrected chi connectivity index (χ4v) is 2.44. The van der Waals surface area contributed by atoms with Crippen LogP contribution in [0, 0.1) is 10.1 Å². The first-order valence-electron chi connectivity index (χ1n) is 8.57. The largest absolute Gasteiger partial charge is 0.494 e. The normalized spacial score (nSPS) is 14.8. The number of non-ortho nitro benzene ring substituents is 1. The van der Waals surface area contributed by atoms with E-state index in [1.165, 1.54) is 18.2 Å². The number of hydrogen-bond acceptors (Lipinski definition) is 6. The number of ether oxygens (including phenoxy) is 2. The Hall–Kier alpha value is -3.48. The minimum atomic E-state index is -0.597. The van der Waals surface area contributed by atoms with Crippen molar-refractivity contribution in [2.75, 3.05) is 6.61 Å². The van der Waals surface area contributed by atoms with Crippen molar-refractivity contribution >= 4 is 23.6 Å². The van der Waals surface area contributed by atoms with Gasteiger partial charge >= 0.3 is 5.97 Å². The zero-order valence-corrected chi connectivity index (χ0v) is 14.8. The molecule has 0 amide bonds. The minimum Gasteiger partial charge on any atom is -0.494 e. The Balaban J connectivity index is 1.77. The maximum Gasteiger partial charge on any atom is 0.363 e. The molecule has 0 fully saturated rings. The predicted molar refractivity (Wildman–Crippen MR) is 101 cm³/mol. The molecule has 0 unspecified atom stereocenters. The average molecular weight is 366 g/mol. The molecule has 0 bridgehead atoms. The standard InChI is InChI=1S/C20H18N2O5/c1-2-3-11-26-17-9-7-14(8-10-17)12-18-20(23)27-19(21-18)15-5-4-6-16(13-15)22(24)25/h4-10,12-13H,2-3,11H2,1H3. The highest BCUT2D eigenvalue weighted by atomic mass is 16.6. The number of carbonyl (C=O) groups is 1. The molecule has 0 spiro atoms. The van der Waals surface area contributed by atoms with Crippen LogP contribution in [-0.4, -0.2) is 23.4 Å². The van der Waals surface area contributed by atoms with Crippen molar-refractivity contribution in [3.05, 3.63) is 75.5 Å². The molecule has 0 aromatic heterocycles. The number of nitro benzene ring substituents is 1. The number of nitro groups is 1. The van der Waals surface area contributed by atoms with E-state index in [9.17, 15) is 14.9 Å². The van der Waals surface area contributed by atoms with Gasteiger partial charge in [0.2, 0.25) is 5.90 Å². The van der Waals surface area contributed by atoms with E-state index in [1.54, 1.807) is 12.1 Å². The summed E-state index contributed by atoms with van der Waals surface area (Å²) in [5.41, 5.74) is 1.19. The maximum atomic E-state index is 12.1. The maximum absolute atomic E-state index is 12.1. The predicted octanol–water partition coefficient (Wildman–Crippen LogP) is 4.12. The van der Waals surface area contributed by atoms with Gasteiger partial charge in [-0.1, -0.05) is 31.5 Å². The Morgan fingerprint density at radius 2 is 2.00 bits per heavy atom. The van der Waals surface area contributed by atoms with E-state index in [-0.39, 0.29) is 17.3 Å². The van der Waals surface area contributed by atoms with Gasteiger partial charge in [0.25, 0.3) is 5.69 Å². The zero-order chi connectivity index (χ0) is 19.2. The molecule has 0 saturated carbocycles. The second-order valence-electron chi connectivity index (χ2n) is 5.91. The van der Waals surface area contributed by atoms with Gasteiger partial charge in [-0.2, -0.15) is 0 Å². The summed E-state index contributed by atoms with van der Waals surface area (Å²) in [5.74, 6) is 0.217. The molecule has 2 aromatic carbocycles. The number of hydrogen-bond donors (Lipinski definition) is 0. The lowest BCUT2D eigenvalue weighted by molar-refractivity contribution is -0.384. The number of nitrogens with zero attached hydrogens (tertiary/aromatic N) is 2. The summed E-state index contributed by atoms with van der Waals surface area (Å²) >= 11 is 0. The third-order valence-corrected chi connectivity index (χ3v) is 3.87. The van der Waals surface area contributed by atoms with Crippen LogP contribution in [0.4, 0.5) is 5.69 Å². The van der Waals surface area contributed by atoms with E-state index in [0.717, 1.165) is 24.2 Å². The summed E-state index contributed by atoms with van der Waals surface area (Å²) in [6.07, 6.45) is 3.66. The molecule has 0 N–H and O–H groups in total. The first-order valence-corrected chi connectivity index (χ1v) is 8.57. The topological polar surface area (TPSA) is 91.0 Å². The molecule has 0 radical (unpaired) electrons. The fraction of sp³-hybridized carbons (Fsp3) is 0.200. The van der Waals surface area contributed by atoms with Crippen LogP contribution < -0.4 is 4.74 Å². The Morgan fingerprint density at radius 3 is 2.70 bits per heavy atom. The fourth-order valence-electron chi connectivity index (χ4n) is 2.44. The molecule has 7 heteroatoms. The average Bonchev–Trinajstić information content (AvgIpc) is 3.04. The van der Waals surface area contributed by atoms with Gasteiger partial charge in [0.05, 0.1) is 11.5 Å². The van der Waals surface area contributed by atoms with E-state index >= 15 is 0 Å². The first-order chi connectivity index (χ1) is 13.1. The molecule has 2 aromatic rings. The summed E-state index contributed by atoms with van der Waals surface area (Å²) in [5, 5.41) is 10.9. The highest BCUT2D eigenvalue weighted by Crippen LogP contribution is 2.22. The number of unbranched alkanes of at least 4 members (excludes halogenated alkanes) is 1. The molecule has 0 aliphatic carbocycles. The summed E-state index contributed by atoms with van der Waals surface area (Å²) < 4.78 is 10.8. The lowest BCUT2D eigenvalue weighted by Crippen LogP contribution is -2.05. The van der Waals surface area contributed by atoms with Gasteiger partial charge < -0.3 is 9.47 Å². The molecule has 138 valence electrons.